The van der Waals surface area contributed by atoms with Gasteiger partial charge < -0.3 is 18.9 Å². The Morgan fingerprint density at radius 1 is 1.10 bits per heavy atom. The molecule has 0 radical (unpaired) electrons. The summed E-state index contributed by atoms with van der Waals surface area (Å²) in [5.41, 5.74) is -3.70. The van der Waals surface area contributed by atoms with E-state index in [0.29, 0.717) is 0 Å². The van der Waals surface area contributed by atoms with Gasteiger partial charge in [-0.2, -0.15) is 0 Å². The molecule has 1 heterocycles. The average molecular weight is 539 g/mol. The van der Waals surface area contributed by atoms with Gasteiger partial charge in [-0.25, -0.2) is 4.79 Å². The van der Waals surface area contributed by atoms with Crippen molar-refractivity contribution in [1.82, 2.24) is 0 Å². The highest BCUT2D eigenvalue weighted by Crippen LogP contribution is 2.73. The van der Waals surface area contributed by atoms with Crippen molar-refractivity contribution in [3.8, 4) is 0 Å². The van der Waals surface area contributed by atoms with Crippen LogP contribution in [-0.2, 0) is 42.9 Å². The van der Waals surface area contributed by atoms with Crippen molar-refractivity contribution < 1.29 is 47.7 Å². The van der Waals surface area contributed by atoms with Crippen LogP contribution in [0.15, 0.2) is 42.5 Å². The van der Waals surface area contributed by atoms with Gasteiger partial charge in [0.1, 0.15) is 29.5 Å². The third-order valence-corrected chi connectivity index (χ3v) is 9.04. The molecule has 1 saturated heterocycles. The molecule has 1 aromatic rings. The monoisotopic (exact) mass is 538 g/mol. The highest BCUT2D eigenvalue weighted by molar-refractivity contribution is 5.93. The molecule has 5 rings (SSSR count). The van der Waals surface area contributed by atoms with Gasteiger partial charge in [-0.3, -0.25) is 24.0 Å². The predicted molar refractivity (Wildman–Crippen MR) is 132 cm³/mol. The second kappa shape index (κ2) is 9.43. The van der Waals surface area contributed by atoms with Crippen LogP contribution in [0.4, 0.5) is 0 Å². The maximum absolute atomic E-state index is 13.5. The Morgan fingerprint density at radius 2 is 1.82 bits per heavy atom. The van der Waals surface area contributed by atoms with Crippen LogP contribution in [0.3, 0.4) is 0 Å². The number of esters is 4. The third kappa shape index (κ3) is 3.91. The van der Waals surface area contributed by atoms with Gasteiger partial charge in [0.2, 0.25) is 0 Å². The Labute approximate surface area is 225 Å². The van der Waals surface area contributed by atoms with Crippen LogP contribution in [0, 0.1) is 28.6 Å². The fourth-order valence-corrected chi connectivity index (χ4v) is 7.67. The van der Waals surface area contributed by atoms with E-state index in [-0.39, 0.29) is 37.0 Å². The van der Waals surface area contributed by atoms with Crippen LogP contribution in [0.2, 0.25) is 0 Å². The lowest BCUT2D eigenvalue weighted by Crippen LogP contribution is -2.52. The Balaban J connectivity index is 1.53. The number of fused-ring (bicyclic) bond motifs is 1. The Bertz CT molecular complexity index is 1280. The molecule has 3 aliphatic carbocycles. The second-order valence-electron chi connectivity index (χ2n) is 11.1. The normalized spacial score (nSPS) is 35.9. The zero-order valence-electron chi connectivity index (χ0n) is 22.0. The quantitative estimate of drug-likeness (QED) is 0.289. The van der Waals surface area contributed by atoms with E-state index in [1.165, 1.54) is 14.0 Å². The molecule has 1 aromatic carbocycles. The van der Waals surface area contributed by atoms with E-state index < -0.39 is 76.6 Å². The van der Waals surface area contributed by atoms with Crippen LogP contribution >= 0.6 is 0 Å². The largest absolute Gasteiger partial charge is 0.469 e. The number of ether oxygens (including phenoxy) is 4. The van der Waals surface area contributed by atoms with Crippen molar-refractivity contribution >= 4 is 35.4 Å². The molecular formula is C29H30O10. The number of carbonyl (C=O) groups excluding carboxylic acids is 6. The number of rotatable bonds is 7. The van der Waals surface area contributed by atoms with E-state index in [4.69, 9.17) is 18.9 Å². The smallest absolute Gasteiger partial charge is 0.338 e. The Hall–Kier alpha value is -3.82. The lowest BCUT2D eigenvalue weighted by Gasteiger charge is -2.44. The van der Waals surface area contributed by atoms with Crippen molar-refractivity contribution in [3.63, 3.8) is 0 Å². The maximum Gasteiger partial charge on any atom is 0.338 e. The first kappa shape index (κ1) is 26.8. The number of Topliss-reactive ketones (excluding diaryl/α,β-unsaturated/α-hetero) is 2. The first-order valence-electron chi connectivity index (χ1n) is 12.9. The molecule has 10 nitrogen and oxygen atoms in total. The zero-order valence-corrected chi connectivity index (χ0v) is 22.0. The molecule has 4 aliphatic rings. The molecular weight excluding hydrogens is 508 g/mol. The van der Waals surface area contributed by atoms with E-state index >= 15 is 0 Å². The maximum atomic E-state index is 13.5. The molecule has 39 heavy (non-hydrogen) atoms. The molecule has 0 spiro atoms. The summed E-state index contributed by atoms with van der Waals surface area (Å²) in [4.78, 5) is 77.6. The lowest BCUT2D eigenvalue weighted by molar-refractivity contribution is -0.168. The summed E-state index contributed by atoms with van der Waals surface area (Å²) < 4.78 is 22.0. The van der Waals surface area contributed by atoms with E-state index in [1.807, 2.05) is 0 Å². The van der Waals surface area contributed by atoms with Crippen LogP contribution in [0.25, 0.3) is 0 Å². The van der Waals surface area contributed by atoms with Crippen molar-refractivity contribution in [2.24, 2.45) is 28.6 Å². The highest BCUT2D eigenvalue weighted by Gasteiger charge is 2.82. The summed E-state index contributed by atoms with van der Waals surface area (Å²) in [7, 11) is 1.21. The Kier molecular flexibility index (Phi) is 6.47. The number of hydrogen-bond donors (Lipinski definition) is 0. The van der Waals surface area contributed by atoms with Gasteiger partial charge in [0.15, 0.2) is 5.78 Å². The SMILES string of the molecule is COC(=O)[C@H]1[C@H]2[C@@]3(C=C[C@H](OC(C)=O)[C@@]2(C)C(=O)O3)[C@@H]2CCC(=O)C[C@@]21CC(=O)COC(=O)c1ccccc1. The molecule has 0 unspecified atom stereocenters. The number of carbonyl (C=O) groups is 6. The van der Waals surface area contributed by atoms with E-state index in [2.05, 4.69) is 0 Å². The fourth-order valence-electron chi connectivity index (χ4n) is 7.67. The van der Waals surface area contributed by atoms with Gasteiger partial charge in [-0.15, -0.1) is 0 Å². The van der Waals surface area contributed by atoms with Crippen LogP contribution < -0.4 is 0 Å². The lowest BCUT2D eigenvalue weighted by atomic mass is 9.58. The summed E-state index contributed by atoms with van der Waals surface area (Å²) in [6.07, 6.45) is 2.37. The molecule has 206 valence electrons. The summed E-state index contributed by atoms with van der Waals surface area (Å²) in [5.74, 6) is -5.70. The molecule has 7 atom stereocenters. The minimum absolute atomic E-state index is 0.103. The van der Waals surface area contributed by atoms with Gasteiger partial charge >= 0.3 is 23.9 Å². The predicted octanol–water partition coefficient (Wildman–Crippen LogP) is 2.38. The first-order valence-corrected chi connectivity index (χ1v) is 12.9. The van der Waals surface area contributed by atoms with Crippen molar-refractivity contribution in [2.45, 2.75) is 51.2 Å². The second-order valence-corrected chi connectivity index (χ2v) is 11.1. The minimum Gasteiger partial charge on any atom is -0.469 e. The topological polar surface area (TPSA) is 139 Å². The summed E-state index contributed by atoms with van der Waals surface area (Å²) in [6, 6.07) is 8.21. The fraction of sp³-hybridized carbons (Fsp3) is 0.517. The zero-order chi connectivity index (χ0) is 28.2. The summed E-state index contributed by atoms with van der Waals surface area (Å²) in [6.45, 7) is 2.26. The summed E-state index contributed by atoms with van der Waals surface area (Å²) >= 11 is 0. The molecule has 3 fully saturated rings. The van der Waals surface area contributed by atoms with Crippen LogP contribution in [-0.4, -0.2) is 60.9 Å². The third-order valence-electron chi connectivity index (χ3n) is 9.04. The molecule has 10 heteroatoms. The van der Waals surface area contributed by atoms with Crippen molar-refractivity contribution in [3.05, 3.63) is 48.0 Å². The standard InChI is InChI=1S/C29H30O10/c1-16(30)38-21-11-12-29-20-10-9-18(31)13-28(20,14-19(32)15-37-24(33)17-7-5-4-6-8-17)22(25(34)36-3)23(29)27(21,2)26(35)39-29/h4-8,11-12,20-23H,9-10,13-15H2,1-3H3/t20-,21+,22-,23-,27-,28-,29-/m1/s1. The summed E-state index contributed by atoms with van der Waals surface area (Å²) in [5, 5.41) is 0. The number of methoxy groups -OCH3 is 1. The molecule has 0 N–H and O–H groups in total. The van der Waals surface area contributed by atoms with Gasteiger partial charge in [0.05, 0.1) is 18.6 Å². The number of benzene rings is 1. The van der Waals surface area contributed by atoms with Crippen LogP contribution in [0.1, 0.15) is 49.9 Å². The highest BCUT2D eigenvalue weighted by atomic mass is 16.6. The minimum atomic E-state index is -1.45. The van der Waals surface area contributed by atoms with E-state index in [0.717, 1.165) is 0 Å². The molecule has 2 saturated carbocycles. The van der Waals surface area contributed by atoms with E-state index in [1.54, 1.807) is 49.4 Å². The first-order chi connectivity index (χ1) is 18.5. The van der Waals surface area contributed by atoms with Crippen molar-refractivity contribution in [1.29, 1.82) is 0 Å². The molecule has 2 bridgehead atoms. The van der Waals surface area contributed by atoms with Crippen molar-refractivity contribution in [2.75, 3.05) is 13.7 Å². The number of hydrogen-bond acceptors (Lipinski definition) is 10. The van der Waals surface area contributed by atoms with Gasteiger partial charge in [-0.1, -0.05) is 18.2 Å². The average Bonchev–Trinajstić information content (AvgIpc) is 3.23. The Morgan fingerprint density at radius 3 is 2.49 bits per heavy atom. The molecule has 0 aromatic heterocycles. The van der Waals surface area contributed by atoms with Gasteiger partial charge in [0.25, 0.3) is 0 Å². The van der Waals surface area contributed by atoms with Gasteiger partial charge in [-0.05, 0) is 37.6 Å². The van der Waals surface area contributed by atoms with Gasteiger partial charge in [0, 0.05) is 43.4 Å². The number of ketones is 2. The van der Waals surface area contributed by atoms with E-state index in [9.17, 15) is 28.8 Å². The molecule has 1 aliphatic heterocycles. The van der Waals surface area contributed by atoms with Crippen LogP contribution in [0.5, 0.6) is 0 Å². The molecule has 0 amide bonds.